The number of amides is 2. The Balaban J connectivity index is 1.51. The molecule has 0 aliphatic carbocycles. The molecule has 2 aromatic carbocycles. The molecule has 144 valence electrons. The van der Waals surface area contributed by atoms with Gasteiger partial charge in [0.2, 0.25) is 17.6 Å². The first-order valence-corrected chi connectivity index (χ1v) is 8.34. The maximum absolute atomic E-state index is 13.1. The number of nitrogens with zero attached hydrogens (tertiary/aromatic N) is 4. The number of hydrogen-bond donors (Lipinski definition) is 2. The van der Waals surface area contributed by atoms with E-state index in [2.05, 4.69) is 26.0 Å². The third kappa shape index (κ3) is 4.86. The molecule has 2 amide bonds. The number of nitrogens with one attached hydrogen (secondary N) is 2. The van der Waals surface area contributed by atoms with Crippen molar-refractivity contribution in [2.45, 2.75) is 6.54 Å². The van der Waals surface area contributed by atoms with Gasteiger partial charge in [-0.25, -0.2) is 8.78 Å². The number of benzene rings is 2. The fraction of sp³-hybridized carbons (Fsp3) is 0.118. The van der Waals surface area contributed by atoms with E-state index >= 15 is 0 Å². The minimum absolute atomic E-state index is 0.0699. The van der Waals surface area contributed by atoms with Crippen LogP contribution in [0.5, 0.6) is 0 Å². The first-order valence-electron chi connectivity index (χ1n) is 7.96. The van der Waals surface area contributed by atoms with Gasteiger partial charge in [0.25, 0.3) is 0 Å². The molecule has 3 aromatic rings. The van der Waals surface area contributed by atoms with Crippen molar-refractivity contribution in [2.24, 2.45) is 0 Å². The lowest BCUT2D eigenvalue weighted by molar-refractivity contribution is -0.124. The summed E-state index contributed by atoms with van der Waals surface area (Å²) in [5.74, 6) is -3.00. The van der Waals surface area contributed by atoms with Gasteiger partial charge in [0.15, 0.2) is 11.6 Å². The van der Waals surface area contributed by atoms with Gasteiger partial charge < -0.3 is 10.6 Å². The lowest BCUT2D eigenvalue weighted by Gasteiger charge is -2.07. The van der Waals surface area contributed by atoms with E-state index in [4.69, 9.17) is 11.6 Å². The zero-order valence-electron chi connectivity index (χ0n) is 14.2. The summed E-state index contributed by atoms with van der Waals surface area (Å²) in [5, 5.41) is 16.8. The minimum atomic E-state index is -1.09. The van der Waals surface area contributed by atoms with E-state index in [1.54, 1.807) is 24.3 Å². The van der Waals surface area contributed by atoms with Crippen LogP contribution in [0.1, 0.15) is 0 Å². The Bertz CT molecular complexity index is 1030. The maximum Gasteiger partial charge on any atom is 0.244 e. The highest BCUT2D eigenvalue weighted by Gasteiger charge is 2.13. The molecule has 0 saturated carbocycles. The summed E-state index contributed by atoms with van der Waals surface area (Å²) in [6.45, 7) is -0.639. The van der Waals surface area contributed by atoms with E-state index in [1.165, 1.54) is 6.07 Å². The Labute approximate surface area is 162 Å². The average molecular weight is 407 g/mol. The van der Waals surface area contributed by atoms with Gasteiger partial charge in [-0.2, -0.15) is 4.80 Å². The summed E-state index contributed by atoms with van der Waals surface area (Å²) in [5.41, 5.74) is 0.641. The van der Waals surface area contributed by atoms with Crippen LogP contribution in [0.15, 0.2) is 42.5 Å². The van der Waals surface area contributed by atoms with Gasteiger partial charge >= 0.3 is 0 Å². The Hall–Kier alpha value is -3.40. The Kier molecular flexibility index (Phi) is 5.90. The van der Waals surface area contributed by atoms with E-state index in [-0.39, 0.29) is 24.6 Å². The van der Waals surface area contributed by atoms with Crippen LogP contribution < -0.4 is 10.6 Å². The van der Waals surface area contributed by atoms with Crippen LogP contribution in [0.2, 0.25) is 5.02 Å². The molecular formula is C17H13ClF2N6O2. The average Bonchev–Trinajstić information content (AvgIpc) is 3.11. The maximum atomic E-state index is 13.1. The van der Waals surface area contributed by atoms with Crippen LogP contribution in [-0.4, -0.2) is 38.6 Å². The van der Waals surface area contributed by atoms with E-state index in [0.29, 0.717) is 10.6 Å². The second kappa shape index (κ2) is 8.53. The predicted octanol–water partition coefficient (Wildman–Crippen LogP) is 2.03. The van der Waals surface area contributed by atoms with Crippen molar-refractivity contribution < 1.29 is 18.4 Å². The minimum Gasteiger partial charge on any atom is -0.345 e. The van der Waals surface area contributed by atoms with Crippen molar-refractivity contribution >= 4 is 29.1 Å². The highest BCUT2D eigenvalue weighted by atomic mass is 35.5. The van der Waals surface area contributed by atoms with E-state index in [9.17, 15) is 18.4 Å². The van der Waals surface area contributed by atoms with Crippen molar-refractivity contribution in [1.82, 2.24) is 25.5 Å². The number of tetrazole rings is 1. The van der Waals surface area contributed by atoms with Crippen LogP contribution in [0, 0.1) is 11.6 Å². The quantitative estimate of drug-likeness (QED) is 0.652. The first-order chi connectivity index (χ1) is 13.4. The molecular weight excluding hydrogens is 394 g/mol. The highest BCUT2D eigenvalue weighted by molar-refractivity contribution is 6.33. The van der Waals surface area contributed by atoms with Crippen LogP contribution in [0.25, 0.3) is 11.4 Å². The molecule has 0 unspecified atom stereocenters. The molecule has 3 rings (SSSR count). The van der Waals surface area contributed by atoms with Gasteiger partial charge in [-0.05, 0) is 29.5 Å². The van der Waals surface area contributed by atoms with Crippen molar-refractivity contribution in [2.75, 3.05) is 11.9 Å². The number of aromatic nitrogens is 4. The lowest BCUT2D eigenvalue weighted by atomic mass is 10.2. The molecule has 0 bridgehead atoms. The molecule has 0 aliphatic rings. The SMILES string of the molecule is O=C(Cn1nnc(-c2ccccc2Cl)n1)NCC(=O)Nc1ccc(F)c(F)c1. The Morgan fingerprint density at radius 3 is 2.61 bits per heavy atom. The molecule has 0 aliphatic heterocycles. The van der Waals surface area contributed by atoms with Gasteiger partial charge in [-0.3, -0.25) is 9.59 Å². The fourth-order valence-corrected chi connectivity index (χ4v) is 2.42. The fourth-order valence-electron chi connectivity index (χ4n) is 2.20. The molecule has 1 aromatic heterocycles. The lowest BCUT2D eigenvalue weighted by Crippen LogP contribution is -2.35. The molecule has 0 atom stereocenters. The van der Waals surface area contributed by atoms with E-state index in [0.717, 1.165) is 16.9 Å². The second-order valence-corrected chi connectivity index (χ2v) is 5.98. The summed E-state index contributed by atoms with van der Waals surface area (Å²) >= 11 is 6.06. The standard InChI is InChI=1S/C17H13ClF2N6O2/c18-12-4-2-1-3-11(12)17-23-25-26(24-17)9-16(28)21-8-15(27)22-10-5-6-13(19)14(20)7-10/h1-7H,8-9H2,(H,21,28)(H,22,27). The molecule has 0 saturated heterocycles. The summed E-state index contributed by atoms with van der Waals surface area (Å²) < 4.78 is 26.0. The van der Waals surface area contributed by atoms with Gasteiger partial charge in [0, 0.05) is 17.3 Å². The van der Waals surface area contributed by atoms with Crippen LogP contribution in [0.4, 0.5) is 14.5 Å². The van der Waals surface area contributed by atoms with Crippen molar-refractivity contribution in [3.05, 3.63) is 59.1 Å². The van der Waals surface area contributed by atoms with E-state index in [1.807, 2.05) is 0 Å². The molecule has 0 radical (unpaired) electrons. The second-order valence-electron chi connectivity index (χ2n) is 5.58. The summed E-state index contributed by atoms with van der Waals surface area (Å²) in [6.07, 6.45) is 0. The highest BCUT2D eigenvalue weighted by Crippen LogP contribution is 2.23. The third-order valence-corrected chi connectivity index (χ3v) is 3.83. The Morgan fingerprint density at radius 1 is 1.07 bits per heavy atom. The third-order valence-electron chi connectivity index (χ3n) is 3.50. The molecule has 1 heterocycles. The molecule has 8 nitrogen and oxygen atoms in total. The topological polar surface area (TPSA) is 102 Å². The first kappa shape index (κ1) is 19.4. The number of anilines is 1. The monoisotopic (exact) mass is 406 g/mol. The zero-order valence-corrected chi connectivity index (χ0v) is 15.0. The van der Waals surface area contributed by atoms with Crippen molar-refractivity contribution in [3.63, 3.8) is 0 Å². The number of hydrogen-bond acceptors (Lipinski definition) is 5. The molecule has 2 N–H and O–H groups in total. The molecule has 28 heavy (non-hydrogen) atoms. The summed E-state index contributed by atoms with van der Waals surface area (Å²) in [4.78, 5) is 24.8. The number of halogens is 3. The smallest absolute Gasteiger partial charge is 0.244 e. The molecule has 11 heteroatoms. The zero-order chi connectivity index (χ0) is 20.1. The largest absolute Gasteiger partial charge is 0.345 e. The summed E-state index contributed by atoms with van der Waals surface area (Å²) in [7, 11) is 0. The van der Waals surface area contributed by atoms with E-state index < -0.39 is 23.4 Å². The van der Waals surface area contributed by atoms with Gasteiger partial charge in [0.05, 0.1) is 11.6 Å². The van der Waals surface area contributed by atoms with Gasteiger partial charge in [-0.1, -0.05) is 23.7 Å². The number of carbonyl (C=O) groups is 2. The van der Waals surface area contributed by atoms with Gasteiger partial charge in [0.1, 0.15) is 6.54 Å². The number of carbonyl (C=O) groups excluding carboxylic acids is 2. The normalized spacial score (nSPS) is 10.5. The molecule has 0 spiro atoms. The van der Waals surface area contributed by atoms with Crippen molar-refractivity contribution in [3.8, 4) is 11.4 Å². The predicted molar refractivity (Wildman–Crippen MR) is 96.3 cm³/mol. The summed E-state index contributed by atoms with van der Waals surface area (Å²) in [6, 6.07) is 9.84. The number of rotatable bonds is 6. The van der Waals surface area contributed by atoms with Crippen LogP contribution in [0.3, 0.4) is 0 Å². The van der Waals surface area contributed by atoms with Crippen LogP contribution >= 0.6 is 11.6 Å². The van der Waals surface area contributed by atoms with Crippen LogP contribution in [-0.2, 0) is 16.1 Å². The Morgan fingerprint density at radius 2 is 1.86 bits per heavy atom. The van der Waals surface area contributed by atoms with Crippen molar-refractivity contribution in [1.29, 1.82) is 0 Å². The molecule has 0 fully saturated rings. The van der Waals surface area contributed by atoms with Gasteiger partial charge in [-0.15, -0.1) is 10.2 Å².